The van der Waals surface area contributed by atoms with Gasteiger partial charge < -0.3 is 0 Å². The van der Waals surface area contributed by atoms with Gasteiger partial charge in [-0.3, -0.25) is 0 Å². The second kappa shape index (κ2) is 4.96. The quantitative estimate of drug-likeness (QED) is 0.739. The molecule has 3 heteroatoms. The average Bonchev–Trinajstić information content (AvgIpc) is 2.62. The van der Waals surface area contributed by atoms with Gasteiger partial charge in [-0.2, -0.15) is 0 Å². The van der Waals surface area contributed by atoms with Gasteiger partial charge in [0.15, 0.2) is 3.92 Å². The van der Waals surface area contributed by atoms with Gasteiger partial charge in [0, 0.05) is 10.8 Å². The normalized spacial score (nSPS) is 18.7. The third kappa shape index (κ3) is 2.62. The van der Waals surface area contributed by atoms with Crippen molar-refractivity contribution in [3.05, 3.63) is 14.5 Å². The Morgan fingerprint density at radius 3 is 2.53 bits per heavy atom. The number of nitrogens with zero attached hydrogens (tertiary/aromatic N) is 1. The molecule has 0 aliphatic heterocycles. The van der Waals surface area contributed by atoms with Crippen LogP contribution in [0.2, 0.25) is 0 Å². The minimum atomic E-state index is 0.616. The number of hydrogen-bond acceptors (Lipinski definition) is 2. The predicted molar refractivity (Wildman–Crippen MR) is 69.7 cm³/mol. The molecule has 1 saturated carbocycles. The van der Waals surface area contributed by atoms with Gasteiger partial charge in [0.1, 0.15) is 0 Å². The molecule has 1 nitrogen and oxygen atoms in total. The second-order valence-electron chi connectivity index (χ2n) is 4.71. The lowest BCUT2D eigenvalue weighted by atomic mass is 9.85. The summed E-state index contributed by atoms with van der Waals surface area (Å²) >= 11 is 5.35. The first-order chi connectivity index (χ1) is 7.18. The van der Waals surface area contributed by atoms with Crippen LogP contribution < -0.4 is 0 Å². The highest BCUT2D eigenvalue weighted by Crippen LogP contribution is 2.39. The van der Waals surface area contributed by atoms with E-state index in [0.717, 1.165) is 9.83 Å². The summed E-state index contributed by atoms with van der Waals surface area (Å²) in [5.74, 6) is 1.35. The van der Waals surface area contributed by atoms with Crippen LogP contribution in [0.3, 0.4) is 0 Å². The lowest BCUT2D eigenvalue weighted by Gasteiger charge is -2.21. The van der Waals surface area contributed by atoms with Gasteiger partial charge in [-0.25, -0.2) is 4.98 Å². The van der Waals surface area contributed by atoms with E-state index in [1.807, 2.05) is 11.3 Å². The fourth-order valence-electron chi connectivity index (χ4n) is 2.40. The maximum absolute atomic E-state index is 4.69. The molecular formula is C12H18BrNS. The van der Waals surface area contributed by atoms with Gasteiger partial charge >= 0.3 is 0 Å². The summed E-state index contributed by atoms with van der Waals surface area (Å²) < 4.78 is 1.06. The topological polar surface area (TPSA) is 12.9 Å². The SMILES string of the molecule is CC(C)c1sc(Br)nc1C1CCCCC1. The molecule has 2 rings (SSSR count). The predicted octanol–water partition coefficient (Wildman–Crippen LogP) is 5.08. The first kappa shape index (κ1) is 11.6. The number of aromatic nitrogens is 1. The molecule has 0 aromatic carbocycles. The molecular weight excluding hydrogens is 270 g/mol. The molecule has 0 spiro atoms. The Morgan fingerprint density at radius 2 is 1.93 bits per heavy atom. The number of thiazole rings is 1. The Balaban J connectivity index is 2.25. The molecule has 0 unspecified atom stereocenters. The zero-order chi connectivity index (χ0) is 10.8. The molecule has 1 fully saturated rings. The van der Waals surface area contributed by atoms with E-state index in [2.05, 4.69) is 29.8 Å². The van der Waals surface area contributed by atoms with E-state index in [0.29, 0.717) is 5.92 Å². The second-order valence-corrected chi connectivity index (χ2v) is 7.01. The lowest BCUT2D eigenvalue weighted by Crippen LogP contribution is -2.07. The minimum absolute atomic E-state index is 0.616. The van der Waals surface area contributed by atoms with Crippen LogP contribution in [0.5, 0.6) is 0 Å². The molecule has 1 aromatic rings. The van der Waals surface area contributed by atoms with Gasteiger partial charge in [-0.1, -0.05) is 33.1 Å². The van der Waals surface area contributed by atoms with Crippen molar-refractivity contribution >= 4 is 27.3 Å². The molecule has 0 radical (unpaired) electrons. The van der Waals surface area contributed by atoms with Crippen molar-refractivity contribution in [3.8, 4) is 0 Å². The number of halogens is 1. The summed E-state index contributed by atoms with van der Waals surface area (Å²) in [6.45, 7) is 4.54. The van der Waals surface area contributed by atoms with Crippen LogP contribution in [0.25, 0.3) is 0 Å². The van der Waals surface area contributed by atoms with Gasteiger partial charge in [-0.15, -0.1) is 11.3 Å². The molecule has 0 atom stereocenters. The zero-order valence-electron chi connectivity index (χ0n) is 9.42. The Morgan fingerprint density at radius 1 is 1.27 bits per heavy atom. The van der Waals surface area contributed by atoms with E-state index in [9.17, 15) is 0 Å². The minimum Gasteiger partial charge on any atom is -0.234 e. The summed E-state index contributed by atoms with van der Waals surface area (Å²) in [7, 11) is 0. The van der Waals surface area contributed by atoms with Gasteiger partial charge in [0.2, 0.25) is 0 Å². The fraction of sp³-hybridized carbons (Fsp3) is 0.750. The van der Waals surface area contributed by atoms with Gasteiger partial charge in [-0.05, 0) is 34.7 Å². The molecule has 0 amide bonds. The first-order valence-corrected chi connectivity index (χ1v) is 7.45. The summed E-state index contributed by atoms with van der Waals surface area (Å²) in [5.41, 5.74) is 1.39. The van der Waals surface area contributed by atoms with Crippen LogP contribution in [0, 0.1) is 0 Å². The van der Waals surface area contributed by atoms with Crippen molar-refractivity contribution in [1.29, 1.82) is 0 Å². The van der Waals surface area contributed by atoms with Crippen molar-refractivity contribution in [2.75, 3.05) is 0 Å². The van der Waals surface area contributed by atoms with Crippen LogP contribution in [0.4, 0.5) is 0 Å². The summed E-state index contributed by atoms with van der Waals surface area (Å²) in [6.07, 6.45) is 6.87. The Labute approximate surface area is 104 Å². The molecule has 15 heavy (non-hydrogen) atoms. The largest absolute Gasteiger partial charge is 0.234 e. The lowest BCUT2D eigenvalue weighted by molar-refractivity contribution is 0.435. The molecule has 0 N–H and O–H groups in total. The summed E-state index contributed by atoms with van der Waals surface area (Å²) in [5, 5.41) is 0. The average molecular weight is 288 g/mol. The maximum Gasteiger partial charge on any atom is 0.159 e. The van der Waals surface area contributed by atoms with Crippen LogP contribution in [-0.4, -0.2) is 4.98 Å². The van der Waals surface area contributed by atoms with Crippen LogP contribution in [0.1, 0.15) is 68.4 Å². The molecule has 1 aliphatic carbocycles. The third-order valence-corrected chi connectivity index (χ3v) is 4.99. The standard InChI is InChI=1S/C12H18BrNS/c1-8(2)11-10(14-12(13)15-11)9-6-4-3-5-7-9/h8-9H,3-7H2,1-2H3. The molecule has 0 saturated heterocycles. The molecule has 1 heterocycles. The van der Waals surface area contributed by atoms with E-state index >= 15 is 0 Å². The third-order valence-electron chi connectivity index (χ3n) is 3.17. The van der Waals surface area contributed by atoms with E-state index in [1.54, 1.807) is 0 Å². The van der Waals surface area contributed by atoms with Crippen molar-refractivity contribution in [2.45, 2.75) is 57.8 Å². The highest BCUT2D eigenvalue weighted by molar-refractivity contribution is 9.11. The van der Waals surface area contributed by atoms with Crippen molar-refractivity contribution in [1.82, 2.24) is 4.98 Å². The Hall–Kier alpha value is 0.110. The molecule has 0 bridgehead atoms. The van der Waals surface area contributed by atoms with Crippen molar-refractivity contribution < 1.29 is 0 Å². The zero-order valence-corrected chi connectivity index (χ0v) is 11.8. The Kier molecular flexibility index (Phi) is 3.83. The molecule has 1 aromatic heterocycles. The maximum atomic E-state index is 4.69. The fourth-order valence-corrected chi connectivity index (χ4v) is 3.99. The van der Waals surface area contributed by atoms with Crippen molar-refractivity contribution in [2.24, 2.45) is 0 Å². The van der Waals surface area contributed by atoms with E-state index in [1.165, 1.54) is 42.7 Å². The summed E-state index contributed by atoms with van der Waals surface area (Å²) in [6, 6.07) is 0. The van der Waals surface area contributed by atoms with Crippen LogP contribution in [-0.2, 0) is 0 Å². The first-order valence-electron chi connectivity index (χ1n) is 5.84. The van der Waals surface area contributed by atoms with E-state index in [4.69, 9.17) is 4.98 Å². The van der Waals surface area contributed by atoms with Crippen LogP contribution >= 0.6 is 27.3 Å². The number of hydrogen-bond donors (Lipinski definition) is 0. The van der Waals surface area contributed by atoms with Gasteiger partial charge in [0.05, 0.1) is 5.69 Å². The Bertz CT molecular complexity index is 326. The van der Waals surface area contributed by atoms with Gasteiger partial charge in [0.25, 0.3) is 0 Å². The highest BCUT2D eigenvalue weighted by atomic mass is 79.9. The van der Waals surface area contributed by atoms with E-state index in [-0.39, 0.29) is 0 Å². The molecule has 1 aliphatic rings. The monoisotopic (exact) mass is 287 g/mol. The highest BCUT2D eigenvalue weighted by Gasteiger charge is 2.23. The smallest absolute Gasteiger partial charge is 0.159 e. The number of rotatable bonds is 2. The summed E-state index contributed by atoms with van der Waals surface area (Å²) in [4.78, 5) is 6.18. The molecule has 84 valence electrons. The van der Waals surface area contributed by atoms with Crippen LogP contribution in [0.15, 0.2) is 3.92 Å². The van der Waals surface area contributed by atoms with E-state index < -0.39 is 0 Å². The van der Waals surface area contributed by atoms with Crippen molar-refractivity contribution in [3.63, 3.8) is 0 Å².